The number of thiol groups is 1. The molecule has 0 radical (unpaired) electrons. The van der Waals surface area contributed by atoms with Crippen molar-refractivity contribution in [3.8, 4) is 0 Å². The van der Waals surface area contributed by atoms with E-state index in [2.05, 4.69) is 0 Å². The molecule has 0 aromatic rings. The van der Waals surface area contributed by atoms with E-state index in [0.29, 0.717) is 0 Å². The lowest BCUT2D eigenvalue weighted by atomic mass is 15.9. The first-order chi connectivity index (χ1) is 1.73. The Bertz CT molecular complexity index is 53.3. The molecule has 0 spiro atoms. The maximum Gasteiger partial charge on any atom is 0.254 e. The van der Waals surface area contributed by atoms with E-state index in [0.717, 1.165) is 0 Å². The van der Waals surface area contributed by atoms with E-state index in [1.807, 2.05) is 0 Å². The lowest BCUT2D eigenvalue weighted by Gasteiger charge is -1.43. The van der Waals surface area contributed by atoms with E-state index in [1.54, 1.807) is 0 Å². The molecule has 0 aromatic heterocycles. The monoisotopic (exact) mass is 116 g/mol. The Hall–Kier alpha value is 0.260. The SMILES string of the molecule is O=[SH](=O)O.S. The second kappa shape index (κ2) is 4.26. The molecule has 0 saturated carbocycles. The minimum Gasteiger partial charge on any atom is -0.288 e. The number of hydrogen-bond donors (Lipinski definition) is 2. The van der Waals surface area contributed by atoms with Crippen LogP contribution in [0.1, 0.15) is 0 Å². The van der Waals surface area contributed by atoms with Crippen LogP contribution in [0.25, 0.3) is 0 Å². The molecule has 0 heterocycles. The Labute approximate surface area is 38.2 Å². The smallest absolute Gasteiger partial charge is 0.254 e. The summed E-state index contributed by atoms with van der Waals surface area (Å²) in [6.07, 6.45) is 0. The highest BCUT2D eigenvalue weighted by Gasteiger charge is 1.44. The Morgan fingerprint density at radius 1 is 1.40 bits per heavy atom. The highest BCUT2D eigenvalue weighted by molar-refractivity contribution is 7.66. The van der Waals surface area contributed by atoms with Crippen LogP contribution in [0, 0.1) is 0 Å². The van der Waals surface area contributed by atoms with Crippen LogP contribution in [-0.4, -0.2) is 13.0 Å². The van der Waals surface area contributed by atoms with Crippen LogP contribution in [-0.2, 0) is 11.0 Å². The van der Waals surface area contributed by atoms with E-state index < -0.39 is 11.0 Å². The molecule has 34 valence electrons. The number of hydrogen-bond acceptors (Lipinski definition) is 2. The molecule has 3 nitrogen and oxygen atoms in total. The van der Waals surface area contributed by atoms with Crippen molar-refractivity contribution in [1.29, 1.82) is 0 Å². The van der Waals surface area contributed by atoms with Crippen LogP contribution in [0.4, 0.5) is 0 Å². The van der Waals surface area contributed by atoms with Gasteiger partial charge in [0.15, 0.2) is 0 Å². The van der Waals surface area contributed by atoms with E-state index in [9.17, 15) is 0 Å². The first-order valence-electron chi connectivity index (χ1n) is 0.565. The van der Waals surface area contributed by atoms with Crippen molar-refractivity contribution >= 4 is 24.5 Å². The van der Waals surface area contributed by atoms with Gasteiger partial charge in [-0.15, -0.1) is 0 Å². The van der Waals surface area contributed by atoms with Crippen molar-refractivity contribution in [3.05, 3.63) is 0 Å². The maximum atomic E-state index is 8.59. The molecule has 0 aromatic carbocycles. The third kappa shape index (κ3) is 322. The van der Waals surface area contributed by atoms with Crippen LogP contribution in [0.5, 0.6) is 0 Å². The predicted molar refractivity (Wildman–Crippen MR) is 23.3 cm³/mol. The molecular formula is H4O3S2. The molecule has 0 aliphatic rings. The van der Waals surface area contributed by atoms with Gasteiger partial charge >= 0.3 is 0 Å². The molecule has 0 unspecified atom stereocenters. The van der Waals surface area contributed by atoms with Gasteiger partial charge in [-0.1, -0.05) is 0 Å². The van der Waals surface area contributed by atoms with Crippen molar-refractivity contribution in [1.82, 2.24) is 0 Å². The molecule has 0 aliphatic carbocycles. The zero-order valence-electron chi connectivity index (χ0n) is 2.21. The molecule has 5 heteroatoms. The van der Waals surface area contributed by atoms with Gasteiger partial charge in [-0.05, 0) is 0 Å². The zero-order valence-corrected chi connectivity index (χ0v) is 4.11. The van der Waals surface area contributed by atoms with E-state index >= 15 is 0 Å². The summed E-state index contributed by atoms with van der Waals surface area (Å²) in [5.41, 5.74) is 0. The van der Waals surface area contributed by atoms with Gasteiger partial charge in [0.05, 0.1) is 0 Å². The molecule has 0 saturated heterocycles. The third-order valence-electron chi connectivity index (χ3n) is 0. The average Bonchev–Trinajstić information content (AvgIpc) is 0.811. The van der Waals surface area contributed by atoms with Gasteiger partial charge in [-0.3, -0.25) is 4.55 Å². The van der Waals surface area contributed by atoms with E-state index in [4.69, 9.17) is 13.0 Å². The van der Waals surface area contributed by atoms with E-state index in [1.165, 1.54) is 0 Å². The summed E-state index contributed by atoms with van der Waals surface area (Å²) in [6.45, 7) is 0. The fourth-order valence-electron chi connectivity index (χ4n) is 0. The van der Waals surface area contributed by atoms with Crippen LogP contribution in [0.15, 0.2) is 0 Å². The fourth-order valence-corrected chi connectivity index (χ4v) is 0. The van der Waals surface area contributed by atoms with Gasteiger partial charge in [0.2, 0.25) is 0 Å². The van der Waals surface area contributed by atoms with Crippen molar-refractivity contribution in [2.45, 2.75) is 0 Å². The summed E-state index contributed by atoms with van der Waals surface area (Å²) in [5.74, 6) is 0. The lowest BCUT2D eigenvalue weighted by Crippen LogP contribution is -1.58. The second-order valence-electron chi connectivity index (χ2n) is 0.238. The first-order valence-corrected chi connectivity index (χ1v) is 1.70. The molecule has 0 aliphatic heterocycles. The number of rotatable bonds is 0. The molecule has 1 N–H and O–H groups in total. The summed E-state index contributed by atoms with van der Waals surface area (Å²) in [4.78, 5) is 0. The molecule has 0 bridgehead atoms. The van der Waals surface area contributed by atoms with Crippen LogP contribution in [0.2, 0.25) is 0 Å². The van der Waals surface area contributed by atoms with Gasteiger partial charge in [0.25, 0.3) is 11.0 Å². The normalized spacial score (nSPS) is 6.80. The highest BCUT2D eigenvalue weighted by Crippen LogP contribution is 1.27. The second-order valence-corrected chi connectivity index (χ2v) is 0.714. The zero-order chi connectivity index (χ0) is 3.58. The highest BCUT2D eigenvalue weighted by atomic mass is 32.2. The third-order valence-corrected chi connectivity index (χ3v) is 0. The Balaban J connectivity index is 0. The van der Waals surface area contributed by atoms with Gasteiger partial charge in [-0.25, -0.2) is 8.42 Å². The molecule has 0 atom stereocenters. The van der Waals surface area contributed by atoms with Crippen molar-refractivity contribution < 1.29 is 13.0 Å². The quantitative estimate of drug-likeness (QED) is 0.321. The van der Waals surface area contributed by atoms with Gasteiger partial charge < -0.3 is 0 Å². The summed E-state index contributed by atoms with van der Waals surface area (Å²) in [6, 6.07) is 0. The Morgan fingerprint density at radius 2 is 1.40 bits per heavy atom. The standard InChI is InChI=1S/H2O3S.H2S/c1-4(2)3;/h4H,(H,1,2,3);1H2. The van der Waals surface area contributed by atoms with Crippen LogP contribution < -0.4 is 0 Å². The topological polar surface area (TPSA) is 54.4 Å². The summed E-state index contributed by atoms with van der Waals surface area (Å²) < 4.78 is 24.2. The summed E-state index contributed by atoms with van der Waals surface area (Å²) in [5, 5.41) is 0. The molecular weight excluding hydrogens is 112 g/mol. The maximum absolute atomic E-state index is 8.59. The summed E-state index contributed by atoms with van der Waals surface area (Å²) >= 11 is 0. The largest absolute Gasteiger partial charge is 0.288 e. The van der Waals surface area contributed by atoms with Crippen LogP contribution >= 0.6 is 13.5 Å². The first kappa shape index (κ1) is 8.98. The average molecular weight is 116 g/mol. The van der Waals surface area contributed by atoms with Crippen molar-refractivity contribution in [3.63, 3.8) is 0 Å². The lowest BCUT2D eigenvalue weighted by molar-refractivity contribution is 0.509. The van der Waals surface area contributed by atoms with Gasteiger partial charge in [-0.2, -0.15) is 13.5 Å². The Morgan fingerprint density at radius 3 is 1.40 bits per heavy atom. The van der Waals surface area contributed by atoms with E-state index in [-0.39, 0.29) is 13.5 Å². The predicted octanol–water partition coefficient (Wildman–Crippen LogP) is -0.816. The van der Waals surface area contributed by atoms with Crippen molar-refractivity contribution in [2.75, 3.05) is 0 Å². The van der Waals surface area contributed by atoms with Gasteiger partial charge in [0.1, 0.15) is 0 Å². The minimum absolute atomic E-state index is 0. The fraction of sp³-hybridized carbons (Fsp3) is 0. The molecule has 5 heavy (non-hydrogen) atoms. The summed E-state index contributed by atoms with van der Waals surface area (Å²) in [7, 11) is -3.12. The molecule has 0 fully saturated rings. The minimum atomic E-state index is -3.12. The van der Waals surface area contributed by atoms with Crippen LogP contribution in [0.3, 0.4) is 0 Å². The Kier molecular flexibility index (Phi) is 7.65. The van der Waals surface area contributed by atoms with Crippen molar-refractivity contribution in [2.24, 2.45) is 0 Å². The molecule has 0 amide bonds. The van der Waals surface area contributed by atoms with Gasteiger partial charge in [0, 0.05) is 0 Å². The molecule has 0 rings (SSSR count).